The smallest absolute Gasteiger partial charge is 0.0571 e. The number of aliphatic hydroxyl groups is 1. The van der Waals surface area contributed by atoms with Crippen LogP contribution >= 0.6 is 0 Å². The summed E-state index contributed by atoms with van der Waals surface area (Å²) in [6.07, 6.45) is 1.94. The molecule has 0 amide bonds. The van der Waals surface area contributed by atoms with Crippen molar-refractivity contribution in [3.05, 3.63) is 42.0 Å². The summed E-state index contributed by atoms with van der Waals surface area (Å²) in [5, 5.41) is 12.0. The maximum Gasteiger partial charge on any atom is 0.0571 e. The molecule has 0 bridgehead atoms. The van der Waals surface area contributed by atoms with Gasteiger partial charge < -0.3 is 10.0 Å². The third kappa shape index (κ3) is 1.60. The summed E-state index contributed by atoms with van der Waals surface area (Å²) < 4.78 is 0. The molecule has 18 heavy (non-hydrogen) atoms. The average molecular weight is 241 g/mol. The van der Waals surface area contributed by atoms with Crippen LogP contribution in [0.4, 0.5) is 5.69 Å². The zero-order chi connectivity index (χ0) is 12.5. The maximum absolute atomic E-state index is 9.32. The highest BCUT2D eigenvalue weighted by atomic mass is 16.3. The fourth-order valence-electron chi connectivity index (χ4n) is 3.15. The molecule has 1 aliphatic heterocycles. The Hall–Kier alpha value is -1.54. The van der Waals surface area contributed by atoms with Crippen LogP contribution < -0.4 is 4.90 Å². The SMILES string of the molecule is CCCN1c2cccc3cccc(c23)C1CCO. The number of hydrogen-bond acceptors (Lipinski definition) is 2. The van der Waals surface area contributed by atoms with E-state index in [-0.39, 0.29) is 6.61 Å². The predicted molar refractivity (Wildman–Crippen MR) is 76.0 cm³/mol. The van der Waals surface area contributed by atoms with E-state index in [1.807, 2.05) is 0 Å². The molecular formula is C16H19NO. The molecule has 2 nitrogen and oxygen atoms in total. The van der Waals surface area contributed by atoms with Crippen LogP contribution in [-0.2, 0) is 0 Å². The second-order valence-corrected chi connectivity index (χ2v) is 4.94. The van der Waals surface area contributed by atoms with Gasteiger partial charge in [-0.15, -0.1) is 0 Å². The summed E-state index contributed by atoms with van der Waals surface area (Å²) in [4.78, 5) is 2.45. The van der Waals surface area contributed by atoms with Gasteiger partial charge in [-0.3, -0.25) is 0 Å². The quantitative estimate of drug-likeness (QED) is 0.885. The van der Waals surface area contributed by atoms with Gasteiger partial charge in [-0.1, -0.05) is 37.3 Å². The molecule has 2 aromatic rings. The Bertz CT molecular complexity index is 517. The Labute approximate surface area is 108 Å². The van der Waals surface area contributed by atoms with Crippen molar-refractivity contribution in [3.63, 3.8) is 0 Å². The molecule has 1 aliphatic rings. The van der Waals surface area contributed by atoms with Gasteiger partial charge >= 0.3 is 0 Å². The van der Waals surface area contributed by atoms with E-state index in [1.165, 1.54) is 22.0 Å². The van der Waals surface area contributed by atoms with Crippen molar-refractivity contribution in [2.45, 2.75) is 25.8 Å². The number of aliphatic hydroxyl groups excluding tert-OH is 1. The van der Waals surface area contributed by atoms with E-state index >= 15 is 0 Å². The second-order valence-electron chi connectivity index (χ2n) is 4.94. The lowest BCUT2D eigenvalue weighted by molar-refractivity contribution is 0.274. The van der Waals surface area contributed by atoms with E-state index in [4.69, 9.17) is 0 Å². The van der Waals surface area contributed by atoms with Crippen LogP contribution in [0.3, 0.4) is 0 Å². The van der Waals surface area contributed by atoms with E-state index in [9.17, 15) is 5.11 Å². The Balaban J connectivity index is 2.18. The minimum absolute atomic E-state index is 0.245. The van der Waals surface area contributed by atoms with E-state index in [2.05, 4.69) is 48.2 Å². The largest absolute Gasteiger partial charge is 0.396 e. The highest BCUT2D eigenvalue weighted by Gasteiger charge is 2.29. The molecule has 1 unspecified atom stereocenters. The highest BCUT2D eigenvalue weighted by Crippen LogP contribution is 2.45. The van der Waals surface area contributed by atoms with Crippen molar-refractivity contribution >= 4 is 16.5 Å². The van der Waals surface area contributed by atoms with Crippen LogP contribution in [0.1, 0.15) is 31.4 Å². The summed E-state index contributed by atoms with van der Waals surface area (Å²) in [5.41, 5.74) is 2.72. The number of benzene rings is 2. The van der Waals surface area contributed by atoms with E-state index in [0.29, 0.717) is 6.04 Å². The van der Waals surface area contributed by atoms with Gasteiger partial charge in [-0.05, 0) is 29.9 Å². The van der Waals surface area contributed by atoms with Gasteiger partial charge in [0, 0.05) is 24.2 Å². The first-order valence-corrected chi connectivity index (χ1v) is 6.76. The van der Waals surface area contributed by atoms with Crippen molar-refractivity contribution in [3.8, 4) is 0 Å². The summed E-state index contributed by atoms with van der Waals surface area (Å²) in [6, 6.07) is 13.4. The lowest BCUT2D eigenvalue weighted by Crippen LogP contribution is -2.26. The molecule has 2 heteroatoms. The molecule has 0 spiro atoms. The van der Waals surface area contributed by atoms with Gasteiger partial charge in [-0.25, -0.2) is 0 Å². The molecule has 0 radical (unpaired) electrons. The lowest BCUT2D eigenvalue weighted by Gasteiger charge is -2.27. The van der Waals surface area contributed by atoms with Crippen LogP contribution in [0, 0.1) is 0 Å². The first kappa shape index (κ1) is 11.5. The Morgan fingerprint density at radius 2 is 1.94 bits per heavy atom. The Kier molecular flexibility index (Phi) is 2.96. The van der Waals surface area contributed by atoms with E-state index < -0.39 is 0 Å². The third-order valence-electron chi connectivity index (χ3n) is 3.83. The van der Waals surface area contributed by atoms with Gasteiger partial charge in [0.25, 0.3) is 0 Å². The van der Waals surface area contributed by atoms with Crippen LogP contribution in [0.2, 0.25) is 0 Å². The monoisotopic (exact) mass is 241 g/mol. The summed E-state index contributed by atoms with van der Waals surface area (Å²) in [6.45, 7) is 3.51. The van der Waals surface area contributed by atoms with Gasteiger partial charge in [0.2, 0.25) is 0 Å². The Morgan fingerprint density at radius 1 is 1.17 bits per heavy atom. The fourth-order valence-corrected chi connectivity index (χ4v) is 3.15. The topological polar surface area (TPSA) is 23.5 Å². The van der Waals surface area contributed by atoms with E-state index in [1.54, 1.807) is 0 Å². The molecule has 94 valence electrons. The van der Waals surface area contributed by atoms with Crippen LogP contribution in [-0.4, -0.2) is 18.3 Å². The van der Waals surface area contributed by atoms with Crippen LogP contribution in [0.15, 0.2) is 36.4 Å². The number of nitrogens with zero attached hydrogens (tertiary/aromatic N) is 1. The number of hydrogen-bond donors (Lipinski definition) is 1. The van der Waals surface area contributed by atoms with Gasteiger partial charge in [0.15, 0.2) is 0 Å². The first-order chi connectivity index (χ1) is 8.86. The van der Waals surface area contributed by atoms with Crippen LogP contribution in [0.5, 0.6) is 0 Å². The molecule has 3 rings (SSSR count). The summed E-state index contributed by atoms with van der Waals surface area (Å²) in [5.74, 6) is 0. The second kappa shape index (κ2) is 4.62. The molecule has 0 aliphatic carbocycles. The number of rotatable bonds is 4. The van der Waals surface area contributed by atoms with Crippen LogP contribution in [0.25, 0.3) is 10.8 Å². The fraction of sp³-hybridized carbons (Fsp3) is 0.375. The minimum Gasteiger partial charge on any atom is -0.396 e. The third-order valence-corrected chi connectivity index (χ3v) is 3.83. The molecule has 0 saturated carbocycles. The highest BCUT2D eigenvalue weighted by molar-refractivity contribution is 6.00. The average Bonchev–Trinajstić information content (AvgIpc) is 2.69. The zero-order valence-electron chi connectivity index (χ0n) is 10.8. The molecule has 0 aromatic heterocycles. The molecule has 1 atom stereocenters. The Morgan fingerprint density at radius 3 is 2.67 bits per heavy atom. The summed E-state index contributed by atoms with van der Waals surface area (Å²) >= 11 is 0. The van der Waals surface area contributed by atoms with Crippen molar-refractivity contribution < 1.29 is 5.11 Å². The molecule has 1 N–H and O–H groups in total. The van der Waals surface area contributed by atoms with Gasteiger partial charge in [0.1, 0.15) is 0 Å². The van der Waals surface area contributed by atoms with Crippen molar-refractivity contribution in [2.24, 2.45) is 0 Å². The van der Waals surface area contributed by atoms with E-state index in [0.717, 1.165) is 19.4 Å². The van der Waals surface area contributed by atoms with Crippen molar-refractivity contribution in [2.75, 3.05) is 18.1 Å². The lowest BCUT2D eigenvalue weighted by atomic mass is 10.0. The predicted octanol–water partition coefficient (Wildman–Crippen LogP) is 3.49. The maximum atomic E-state index is 9.32. The van der Waals surface area contributed by atoms with Crippen molar-refractivity contribution in [1.82, 2.24) is 0 Å². The van der Waals surface area contributed by atoms with Crippen molar-refractivity contribution in [1.29, 1.82) is 0 Å². The minimum atomic E-state index is 0.245. The first-order valence-electron chi connectivity index (χ1n) is 6.76. The summed E-state index contributed by atoms with van der Waals surface area (Å²) in [7, 11) is 0. The molecule has 0 saturated heterocycles. The van der Waals surface area contributed by atoms with Gasteiger partial charge in [-0.2, -0.15) is 0 Å². The molecular weight excluding hydrogens is 222 g/mol. The standard InChI is InChI=1S/C16H19NO/c1-2-10-17-14(9-11-18)13-7-3-5-12-6-4-8-15(17)16(12)13/h3-8,14,18H,2,9-11H2,1H3. The molecule has 1 heterocycles. The molecule has 2 aromatic carbocycles. The normalized spacial score (nSPS) is 17.7. The van der Waals surface area contributed by atoms with Gasteiger partial charge in [0.05, 0.1) is 6.04 Å². The molecule has 0 fully saturated rings. The zero-order valence-corrected chi connectivity index (χ0v) is 10.8. The number of anilines is 1.